The van der Waals surface area contributed by atoms with Gasteiger partial charge in [-0.05, 0) is 36.4 Å². The summed E-state index contributed by atoms with van der Waals surface area (Å²) in [6.07, 6.45) is 2.98. The number of nitrogens with zero attached hydrogens (tertiary/aromatic N) is 1. The lowest BCUT2D eigenvalue weighted by Gasteiger charge is -1.94. The van der Waals surface area contributed by atoms with Crippen molar-refractivity contribution in [1.82, 2.24) is 10.4 Å². The highest BCUT2D eigenvalue weighted by atomic mass is 79.9. The zero-order valence-electron chi connectivity index (χ0n) is 10.3. The summed E-state index contributed by atoms with van der Waals surface area (Å²) in [5, 5.41) is 4.79. The molecule has 0 saturated carbocycles. The lowest BCUT2D eigenvalue weighted by atomic mass is 10.2. The summed E-state index contributed by atoms with van der Waals surface area (Å²) in [4.78, 5) is 15.0. The molecule has 20 heavy (non-hydrogen) atoms. The predicted octanol–water partition coefficient (Wildman–Crippen LogP) is 3.29. The van der Waals surface area contributed by atoms with Gasteiger partial charge in [-0.3, -0.25) is 4.79 Å². The molecule has 2 N–H and O–H groups in total. The number of H-pyrrole nitrogens is 1. The Bertz CT molecular complexity index is 775. The molecule has 2 aromatic heterocycles. The first-order valence-electron chi connectivity index (χ1n) is 5.87. The van der Waals surface area contributed by atoms with Gasteiger partial charge in [0.05, 0.1) is 12.5 Å². The van der Waals surface area contributed by atoms with Crippen LogP contribution < -0.4 is 5.43 Å². The average molecular weight is 332 g/mol. The van der Waals surface area contributed by atoms with Crippen molar-refractivity contribution >= 4 is 39.0 Å². The highest BCUT2D eigenvalue weighted by molar-refractivity contribution is 9.10. The highest BCUT2D eigenvalue weighted by Crippen LogP contribution is 2.20. The van der Waals surface area contributed by atoms with Crippen LogP contribution in [0.25, 0.3) is 10.9 Å². The van der Waals surface area contributed by atoms with Crippen LogP contribution in [-0.2, 0) is 0 Å². The monoisotopic (exact) mass is 331 g/mol. The number of carbonyl (C=O) groups is 1. The average Bonchev–Trinajstić information content (AvgIpc) is 3.06. The van der Waals surface area contributed by atoms with Gasteiger partial charge in [-0.2, -0.15) is 5.10 Å². The number of carbonyl (C=O) groups excluding carboxylic acids is 1. The first kappa shape index (κ1) is 12.7. The summed E-state index contributed by atoms with van der Waals surface area (Å²) >= 11 is 3.39. The van der Waals surface area contributed by atoms with E-state index in [0.29, 0.717) is 11.5 Å². The third-order valence-electron chi connectivity index (χ3n) is 2.73. The zero-order chi connectivity index (χ0) is 13.9. The van der Waals surface area contributed by atoms with Gasteiger partial charge < -0.3 is 9.40 Å². The third-order valence-corrected chi connectivity index (χ3v) is 3.22. The van der Waals surface area contributed by atoms with Crippen LogP contribution in [0.2, 0.25) is 0 Å². The number of hydrogen-bond donors (Lipinski definition) is 2. The predicted molar refractivity (Wildman–Crippen MR) is 79.8 cm³/mol. The van der Waals surface area contributed by atoms with Crippen LogP contribution in [0.4, 0.5) is 0 Å². The van der Waals surface area contributed by atoms with E-state index in [1.807, 2.05) is 18.2 Å². The van der Waals surface area contributed by atoms with E-state index in [1.54, 1.807) is 24.5 Å². The van der Waals surface area contributed by atoms with Crippen molar-refractivity contribution in [3.63, 3.8) is 0 Å². The van der Waals surface area contributed by atoms with E-state index in [1.165, 1.54) is 6.21 Å². The van der Waals surface area contributed by atoms with Crippen LogP contribution in [0, 0.1) is 0 Å². The number of benzene rings is 1. The van der Waals surface area contributed by atoms with Crippen LogP contribution in [0.15, 0.2) is 56.7 Å². The first-order valence-corrected chi connectivity index (χ1v) is 6.67. The fourth-order valence-corrected chi connectivity index (χ4v) is 2.18. The largest absolute Gasteiger partial charge is 0.463 e. The molecule has 3 aromatic rings. The van der Waals surface area contributed by atoms with Gasteiger partial charge >= 0.3 is 0 Å². The highest BCUT2D eigenvalue weighted by Gasteiger charge is 2.08. The van der Waals surface area contributed by atoms with Gasteiger partial charge in [-0.25, -0.2) is 5.43 Å². The Balaban J connectivity index is 1.75. The van der Waals surface area contributed by atoms with Crippen molar-refractivity contribution in [2.24, 2.45) is 5.10 Å². The minimum absolute atomic E-state index is 0.305. The molecule has 5 nitrogen and oxygen atoms in total. The number of nitrogens with one attached hydrogen (secondary N) is 2. The number of fused-ring (bicyclic) bond motifs is 1. The SMILES string of the molecule is O=C(N/N=C\c1ccco1)c1cc2cc(Br)ccc2[nH]1. The van der Waals surface area contributed by atoms with Gasteiger partial charge in [-0.1, -0.05) is 15.9 Å². The number of aromatic amines is 1. The molecule has 0 radical (unpaired) electrons. The Labute approximate surface area is 122 Å². The number of aromatic nitrogens is 1. The second-order valence-electron chi connectivity index (χ2n) is 4.13. The Hall–Kier alpha value is -2.34. The van der Waals surface area contributed by atoms with Gasteiger partial charge in [0.1, 0.15) is 11.5 Å². The van der Waals surface area contributed by atoms with E-state index in [-0.39, 0.29) is 5.91 Å². The molecule has 1 amide bonds. The van der Waals surface area contributed by atoms with Gasteiger partial charge in [0.15, 0.2) is 0 Å². The molecular formula is C14H10BrN3O2. The number of rotatable bonds is 3. The molecule has 0 fully saturated rings. The van der Waals surface area contributed by atoms with E-state index in [2.05, 4.69) is 31.4 Å². The zero-order valence-corrected chi connectivity index (χ0v) is 11.8. The molecule has 1 aromatic carbocycles. The standard InChI is InChI=1S/C14H10BrN3O2/c15-10-3-4-12-9(6-10)7-13(17-12)14(19)18-16-8-11-2-1-5-20-11/h1-8,17H,(H,18,19)/b16-8-. The lowest BCUT2D eigenvalue weighted by molar-refractivity contribution is 0.0951. The molecule has 0 unspecified atom stereocenters. The van der Waals surface area contributed by atoms with Crippen molar-refractivity contribution in [3.8, 4) is 0 Å². The molecule has 0 aliphatic carbocycles. The molecule has 3 rings (SSSR count). The molecule has 0 aliphatic heterocycles. The molecule has 2 heterocycles. The molecule has 0 saturated heterocycles. The maximum Gasteiger partial charge on any atom is 0.287 e. The lowest BCUT2D eigenvalue weighted by Crippen LogP contribution is -2.17. The van der Waals surface area contributed by atoms with E-state index < -0.39 is 0 Å². The van der Waals surface area contributed by atoms with Gasteiger partial charge in [0.2, 0.25) is 0 Å². The van der Waals surface area contributed by atoms with E-state index in [0.717, 1.165) is 15.4 Å². The van der Waals surface area contributed by atoms with Crippen LogP contribution in [-0.4, -0.2) is 17.1 Å². The molecule has 0 aliphatic rings. The summed E-state index contributed by atoms with van der Waals surface area (Å²) in [5.74, 6) is 0.269. The quantitative estimate of drug-likeness (QED) is 0.571. The molecule has 6 heteroatoms. The Morgan fingerprint density at radius 3 is 3.05 bits per heavy atom. The van der Waals surface area contributed by atoms with Gasteiger partial charge in [0.25, 0.3) is 5.91 Å². The third kappa shape index (κ3) is 2.65. The normalized spacial score (nSPS) is 11.2. The van der Waals surface area contributed by atoms with E-state index >= 15 is 0 Å². The number of halogens is 1. The minimum Gasteiger partial charge on any atom is -0.463 e. The molecule has 0 bridgehead atoms. The van der Waals surface area contributed by atoms with E-state index in [4.69, 9.17) is 4.42 Å². The minimum atomic E-state index is -0.305. The topological polar surface area (TPSA) is 70.4 Å². The summed E-state index contributed by atoms with van der Waals surface area (Å²) in [7, 11) is 0. The van der Waals surface area contributed by atoms with E-state index in [9.17, 15) is 4.79 Å². The van der Waals surface area contributed by atoms with Crippen molar-refractivity contribution in [2.75, 3.05) is 0 Å². The summed E-state index contributed by atoms with van der Waals surface area (Å²) in [6.45, 7) is 0. The fourth-order valence-electron chi connectivity index (χ4n) is 1.81. The molecule has 0 spiro atoms. The summed E-state index contributed by atoms with van der Waals surface area (Å²) in [5.41, 5.74) is 3.79. The van der Waals surface area contributed by atoms with Crippen molar-refractivity contribution in [1.29, 1.82) is 0 Å². The Kier molecular flexibility index (Phi) is 3.39. The van der Waals surface area contributed by atoms with Crippen molar-refractivity contribution in [2.45, 2.75) is 0 Å². The van der Waals surface area contributed by atoms with Gasteiger partial charge in [-0.15, -0.1) is 0 Å². The van der Waals surface area contributed by atoms with Crippen LogP contribution in [0.5, 0.6) is 0 Å². The molecule has 100 valence electrons. The van der Waals surface area contributed by atoms with Crippen LogP contribution in [0.3, 0.4) is 0 Å². The summed E-state index contributed by atoms with van der Waals surface area (Å²) < 4.78 is 6.03. The van der Waals surface area contributed by atoms with Crippen LogP contribution in [0.1, 0.15) is 16.2 Å². The summed E-state index contributed by atoms with van der Waals surface area (Å²) in [6, 6.07) is 11.0. The fraction of sp³-hybridized carbons (Fsp3) is 0. The number of furan rings is 1. The Morgan fingerprint density at radius 2 is 2.25 bits per heavy atom. The number of hydrazone groups is 1. The number of hydrogen-bond acceptors (Lipinski definition) is 3. The van der Waals surface area contributed by atoms with Crippen molar-refractivity contribution < 1.29 is 9.21 Å². The van der Waals surface area contributed by atoms with Crippen molar-refractivity contribution in [3.05, 3.63) is 58.6 Å². The smallest absolute Gasteiger partial charge is 0.287 e. The maximum absolute atomic E-state index is 11.9. The maximum atomic E-state index is 11.9. The molecule has 0 atom stereocenters. The Morgan fingerprint density at radius 1 is 1.35 bits per heavy atom. The molecular weight excluding hydrogens is 322 g/mol. The van der Waals surface area contributed by atoms with Gasteiger partial charge in [0, 0.05) is 15.4 Å². The number of amides is 1. The second-order valence-corrected chi connectivity index (χ2v) is 5.04. The first-order chi connectivity index (χ1) is 9.72. The van der Waals surface area contributed by atoms with Crippen LogP contribution >= 0.6 is 15.9 Å². The second kappa shape index (κ2) is 5.34.